The molecule has 6 heteroatoms. The molecule has 0 saturated heterocycles. The van der Waals surface area contributed by atoms with E-state index >= 15 is 0 Å². The molecule has 0 bridgehead atoms. The van der Waals surface area contributed by atoms with Gasteiger partial charge in [-0.25, -0.2) is 8.42 Å². The van der Waals surface area contributed by atoms with E-state index in [1.165, 1.54) is 6.07 Å². The molecule has 1 aromatic carbocycles. The average Bonchev–Trinajstić information content (AvgIpc) is 2.00. The molecule has 0 N–H and O–H groups in total. The summed E-state index contributed by atoms with van der Waals surface area (Å²) in [4.78, 5) is 10.9. The smallest absolute Gasteiger partial charge is 0.261 e. The molecule has 0 unspecified atom stereocenters. The number of carbonyl (C=O) groups excluding carboxylic acids is 1. The van der Waals surface area contributed by atoms with E-state index in [9.17, 15) is 13.2 Å². The third-order valence-corrected chi connectivity index (χ3v) is 3.66. The van der Waals surface area contributed by atoms with Crippen molar-refractivity contribution in [2.24, 2.45) is 0 Å². The van der Waals surface area contributed by atoms with Crippen LogP contribution in [0.4, 0.5) is 0 Å². The molecule has 0 atom stereocenters. The highest BCUT2D eigenvalue weighted by Crippen LogP contribution is 2.24. The van der Waals surface area contributed by atoms with Crippen LogP contribution in [-0.4, -0.2) is 13.7 Å². The summed E-state index contributed by atoms with van der Waals surface area (Å²) in [5, 5.41) is -0.700. The Balaban J connectivity index is 3.58. The number of hydrogen-bond acceptors (Lipinski definition) is 3. The van der Waals surface area contributed by atoms with Gasteiger partial charge in [0.2, 0.25) is 0 Å². The van der Waals surface area contributed by atoms with Gasteiger partial charge in [-0.15, -0.1) is 0 Å². The molecule has 0 saturated carbocycles. The SMILES string of the molecule is Cc1cc(C)c(S(=O)(=O)Cl)cc1C(=O)Cl. The standard InChI is InChI=1S/C9H8Cl2O3S/c1-5-3-6(2)8(15(11,13)14)4-7(5)9(10)12/h3-4H,1-2H3. The van der Waals surface area contributed by atoms with E-state index in [2.05, 4.69) is 0 Å². The lowest BCUT2D eigenvalue weighted by Crippen LogP contribution is -2.01. The van der Waals surface area contributed by atoms with Crippen molar-refractivity contribution in [1.82, 2.24) is 0 Å². The minimum atomic E-state index is -3.84. The van der Waals surface area contributed by atoms with Crippen LogP contribution < -0.4 is 0 Å². The van der Waals surface area contributed by atoms with Gasteiger partial charge in [-0.2, -0.15) is 0 Å². The molecular weight excluding hydrogens is 259 g/mol. The molecule has 0 amide bonds. The van der Waals surface area contributed by atoms with Crippen LogP contribution in [-0.2, 0) is 9.05 Å². The van der Waals surface area contributed by atoms with E-state index in [1.807, 2.05) is 0 Å². The van der Waals surface area contributed by atoms with Crippen molar-refractivity contribution >= 4 is 36.6 Å². The van der Waals surface area contributed by atoms with Crippen molar-refractivity contribution < 1.29 is 13.2 Å². The van der Waals surface area contributed by atoms with Crippen LogP contribution in [0.3, 0.4) is 0 Å². The van der Waals surface area contributed by atoms with Gasteiger partial charge < -0.3 is 0 Å². The van der Waals surface area contributed by atoms with Crippen LogP contribution >= 0.6 is 22.3 Å². The zero-order valence-corrected chi connectivity index (χ0v) is 10.4. The van der Waals surface area contributed by atoms with Crippen molar-refractivity contribution in [2.45, 2.75) is 18.7 Å². The third-order valence-electron chi connectivity index (χ3n) is 2.00. The molecule has 82 valence electrons. The van der Waals surface area contributed by atoms with Gasteiger partial charge in [0.1, 0.15) is 0 Å². The third kappa shape index (κ3) is 2.71. The van der Waals surface area contributed by atoms with Crippen LogP contribution in [0.25, 0.3) is 0 Å². The topological polar surface area (TPSA) is 51.2 Å². The van der Waals surface area contributed by atoms with Crippen LogP contribution in [0, 0.1) is 13.8 Å². The number of benzene rings is 1. The number of hydrogen-bond donors (Lipinski definition) is 0. The molecule has 0 spiro atoms. The fraction of sp³-hybridized carbons (Fsp3) is 0.222. The van der Waals surface area contributed by atoms with Crippen LogP contribution in [0.15, 0.2) is 17.0 Å². The zero-order valence-electron chi connectivity index (χ0n) is 8.04. The maximum absolute atomic E-state index is 11.2. The predicted molar refractivity (Wildman–Crippen MR) is 59.1 cm³/mol. The molecule has 0 fully saturated rings. The first-order valence-corrected chi connectivity index (χ1v) is 6.68. The van der Waals surface area contributed by atoms with Crippen LogP contribution in [0.5, 0.6) is 0 Å². The van der Waals surface area contributed by atoms with E-state index in [0.29, 0.717) is 11.1 Å². The van der Waals surface area contributed by atoms with Crippen molar-refractivity contribution in [3.8, 4) is 0 Å². The van der Waals surface area contributed by atoms with Gasteiger partial charge in [0, 0.05) is 16.2 Å². The summed E-state index contributed by atoms with van der Waals surface area (Å²) in [6.07, 6.45) is 0. The Morgan fingerprint density at radius 1 is 1.20 bits per heavy atom. The Hall–Kier alpha value is -0.580. The zero-order chi connectivity index (χ0) is 11.8. The molecular formula is C9H8Cl2O3S. The highest BCUT2D eigenvalue weighted by Gasteiger charge is 2.17. The van der Waals surface area contributed by atoms with Crippen molar-refractivity contribution in [2.75, 3.05) is 0 Å². The number of carbonyl (C=O) groups is 1. The van der Waals surface area contributed by atoms with Gasteiger partial charge >= 0.3 is 0 Å². The molecule has 15 heavy (non-hydrogen) atoms. The highest BCUT2D eigenvalue weighted by molar-refractivity contribution is 8.13. The average molecular weight is 267 g/mol. The predicted octanol–water partition coefficient (Wildman–Crippen LogP) is 2.61. The summed E-state index contributed by atoms with van der Waals surface area (Å²) in [6, 6.07) is 2.76. The molecule has 0 heterocycles. The number of rotatable bonds is 2. The van der Waals surface area contributed by atoms with E-state index in [4.69, 9.17) is 22.3 Å². The van der Waals surface area contributed by atoms with Gasteiger partial charge in [0.25, 0.3) is 14.3 Å². The lowest BCUT2D eigenvalue weighted by molar-refractivity contribution is 0.108. The van der Waals surface area contributed by atoms with E-state index in [-0.39, 0.29) is 10.5 Å². The number of aryl methyl sites for hydroxylation is 2. The molecule has 0 radical (unpaired) electrons. The first kappa shape index (κ1) is 12.5. The van der Waals surface area contributed by atoms with E-state index in [1.54, 1.807) is 19.9 Å². The molecule has 3 nitrogen and oxygen atoms in total. The molecule has 0 aliphatic carbocycles. The maximum Gasteiger partial charge on any atom is 0.261 e. The summed E-state index contributed by atoms with van der Waals surface area (Å²) in [6.45, 7) is 3.28. The van der Waals surface area contributed by atoms with Crippen molar-refractivity contribution in [3.05, 3.63) is 28.8 Å². The Morgan fingerprint density at radius 3 is 2.13 bits per heavy atom. The second-order valence-electron chi connectivity index (χ2n) is 3.14. The fourth-order valence-corrected chi connectivity index (χ4v) is 2.71. The Morgan fingerprint density at radius 2 is 1.73 bits per heavy atom. The monoisotopic (exact) mass is 266 g/mol. The minimum Gasteiger partial charge on any atom is -0.276 e. The fourth-order valence-electron chi connectivity index (χ4n) is 1.31. The van der Waals surface area contributed by atoms with Gasteiger partial charge in [-0.1, -0.05) is 6.07 Å². The van der Waals surface area contributed by atoms with Crippen LogP contribution in [0.2, 0.25) is 0 Å². The van der Waals surface area contributed by atoms with Crippen LogP contribution in [0.1, 0.15) is 21.5 Å². The second-order valence-corrected chi connectivity index (χ2v) is 6.02. The highest BCUT2D eigenvalue weighted by atomic mass is 35.7. The summed E-state index contributed by atoms with van der Waals surface area (Å²) in [5.74, 6) is 0. The summed E-state index contributed by atoms with van der Waals surface area (Å²) < 4.78 is 22.3. The molecule has 0 aliphatic rings. The second kappa shape index (κ2) is 4.12. The molecule has 1 aromatic rings. The molecule has 1 rings (SSSR count). The summed E-state index contributed by atoms with van der Waals surface area (Å²) in [7, 11) is 1.37. The summed E-state index contributed by atoms with van der Waals surface area (Å²) in [5.41, 5.74) is 1.27. The van der Waals surface area contributed by atoms with E-state index < -0.39 is 14.3 Å². The van der Waals surface area contributed by atoms with E-state index in [0.717, 1.165) is 0 Å². The normalized spacial score (nSPS) is 11.5. The Labute approximate surface area is 97.4 Å². The number of halogens is 2. The quantitative estimate of drug-likeness (QED) is 0.774. The minimum absolute atomic E-state index is 0.0845. The lowest BCUT2D eigenvalue weighted by atomic mass is 10.1. The van der Waals surface area contributed by atoms with Gasteiger partial charge in [-0.05, 0) is 42.6 Å². The van der Waals surface area contributed by atoms with Gasteiger partial charge in [0.05, 0.1) is 4.90 Å². The molecule has 0 aromatic heterocycles. The maximum atomic E-state index is 11.2. The van der Waals surface area contributed by atoms with Crippen molar-refractivity contribution in [3.63, 3.8) is 0 Å². The Kier molecular flexibility index (Phi) is 3.43. The van der Waals surface area contributed by atoms with Crippen molar-refractivity contribution in [1.29, 1.82) is 0 Å². The lowest BCUT2D eigenvalue weighted by Gasteiger charge is -2.06. The largest absolute Gasteiger partial charge is 0.276 e. The van der Waals surface area contributed by atoms with Gasteiger partial charge in [0.15, 0.2) is 0 Å². The summed E-state index contributed by atoms with van der Waals surface area (Å²) >= 11 is 5.31. The first-order chi connectivity index (χ1) is 6.73. The first-order valence-electron chi connectivity index (χ1n) is 3.99. The molecule has 0 aliphatic heterocycles. The van der Waals surface area contributed by atoms with Gasteiger partial charge in [-0.3, -0.25) is 4.79 Å². The Bertz CT molecular complexity index is 520.